The molecule has 0 radical (unpaired) electrons. The van der Waals surface area contributed by atoms with Gasteiger partial charge in [-0.3, -0.25) is 4.90 Å². The van der Waals surface area contributed by atoms with Crippen molar-refractivity contribution in [3.8, 4) is 0 Å². The SMILES string of the molecule is CCNCC1(CN(CCC(C)C)C2CC2)CCCCCC1. The molecular weight excluding hydrogens is 256 g/mol. The van der Waals surface area contributed by atoms with Gasteiger partial charge in [0, 0.05) is 19.1 Å². The van der Waals surface area contributed by atoms with E-state index in [2.05, 4.69) is 31.0 Å². The van der Waals surface area contributed by atoms with Gasteiger partial charge in [0.2, 0.25) is 0 Å². The van der Waals surface area contributed by atoms with E-state index < -0.39 is 0 Å². The Morgan fingerprint density at radius 3 is 2.29 bits per heavy atom. The summed E-state index contributed by atoms with van der Waals surface area (Å²) < 4.78 is 0. The molecule has 0 aliphatic heterocycles. The quantitative estimate of drug-likeness (QED) is 0.632. The number of hydrogen-bond donors (Lipinski definition) is 1. The molecule has 0 aromatic heterocycles. The molecule has 0 aromatic rings. The van der Waals surface area contributed by atoms with Crippen molar-refractivity contribution >= 4 is 0 Å². The van der Waals surface area contributed by atoms with E-state index in [1.165, 1.54) is 77.4 Å². The smallest absolute Gasteiger partial charge is 0.00966 e. The molecule has 2 aliphatic carbocycles. The molecule has 1 N–H and O–H groups in total. The topological polar surface area (TPSA) is 15.3 Å². The third kappa shape index (κ3) is 5.90. The molecule has 2 heteroatoms. The number of nitrogens with zero attached hydrogens (tertiary/aromatic N) is 1. The predicted octanol–water partition coefficient (Wildman–Crippen LogP) is 4.45. The minimum atomic E-state index is 0.562. The molecule has 0 spiro atoms. The van der Waals surface area contributed by atoms with Crippen LogP contribution in [0.5, 0.6) is 0 Å². The van der Waals surface area contributed by atoms with Crippen molar-refractivity contribution in [2.75, 3.05) is 26.2 Å². The maximum atomic E-state index is 3.69. The molecule has 2 rings (SSSR count). The van der Waals surface area contributed by atoms with Gasteiger partial charge in [-0.1, -0.05) is 46.5 Å². The first-order valence-corrected chi connectivity index (χ1v) is 9.60. The van der Waals surface area contributed by atoms with Crippen LogP contribution < -0.4 is 5.32 Å². The van der Waals surface area contributed by atoms with Crippen LogP contribution in [0.4, 0.5) is 0 Å². The molecule has 2 nitrogen and oxygen atoms in total. The summed E-state index contributed by atoms with van der Waals surface area (Å²) in [5, 5.41) is 3.69. The molecule has 0 unspecified atom stereocenters. The predicted molar refractivity (Wildman–Crippen MR) is 92.7 cm³/mol. The molecular formula is C19H38N2. The molecule has 0 aromatic carbocycles. The fraction of sp³-hybridized carbons (Fsp3) is 1.00. The van der Waals surface area contributed by atoms with E-state index in [1.54, 1.807) is 0 Å². The highest BCUT2D eigenvalue weighted by Gasteiger charge is 2.37. The lowest BCUT2D eigenvalue weighted by molar-refractivity contribution is 0.117. The van der Waals surface area contributed by atoms with E-state index in [9.17, 15) is 0 Å². The van der Waals surface area contributed by atoms with Crippen LogP contribution in [0.1, 0.15) is 78.6 Å². The van der Waals surface area contributed by atoms with E-state index in [4.69, 9.17) is 0 Å². The third-order valence-electron chi connectivity index (χ3n) is 5.51. The Morgan fingerprint density at radius 1 is 1.10 bits per heavy atom. The summed E-state index contributed by atoms with van der Waals surface area (Å²) in [7, 11) is 0. The second-order valence-electron chi connectivity index (χ2n) is 8.08. The standard InChI is InChI=1S/C19H38N2/c1-4-20-15-19(12-7-5-6-8-13-19)16-21(18-9-10-18)14-11-17(2)3/h17-18,20H,4-16H2,1-3H3. The molecule has 0 heterocycles. The van der Waals surface area contributed by atoms with Crippen molar-refractivity contribution in [3.05, 3.63) is 0 Å². The zero-order chi connectivity index (χ0) is 15.1. The average Bonchev–Trinajstić information content (AvgIpc) is 3.29. The van der Waals surface area contributed by atoms with Crippen molar-refractivity contribution < 1.29 is 0 Å². The van der Waals surface area contributed by atoms with Crippen LogP contribution in [0.15, 0.2) is 0 Å². The van der Waals surface area contributed by atoms with Gasteiger partial charge < -0.3 is 5.32 Å². The highest BCUT2D eigenvalue weighted by atomic mass is 15.2. The molecule has 0 bridgehead atoms. The molecule has 2 aliphatic rings. The van der Waals surface area contributed by atoms with E-state index in [0.29, 0.717) is 5.41 Å². The normalized spacial score (nSPS) is 22.7. The Hall–Kier alpha value is -0.0800. The monoisotopic (exact) mass is 294 g/mol. The maximum Gasteiger partial charge on any atom is 0.00966 e. The summed E-state index contributed by atoms with van der Waals surface area (Å²) in [5.41, 5.74) is 0.562. The molecule has 21 heavy (non-hydrogen) atoms. The van der Waals surface area contributed by atoms with Crippen molar-refractivity contribution in [1.82, 2.24) is 10.2 Å². The minimum absolute atomic E-state index is 0.562. The lowest BCUT2D eigenvalue weighted by Gasteiger charge is -2.39. The zero-order valence-corrected chi connectivity index (χ0v) is 14.8. The van der Waals surface area contributed by atoms with E-state index >= 15 is 0 Å². The van der Waals surface area contributed by atoms with Crippen LogP contribution in [-0.2, 0) is 0 Å². The molecule has 0 saturated heterocycles. The Morgan fingerprint density at radius 2 is 1.76 bits per heavy atom. The van der Waals surface area contributed by atoms with Crippen LogP contribution in [0.3, 0.4) is 0 Å². The molecule has 2 saturated carbocycles. The van der Waals surface area contributed by atoms with Gasteiger partial charge in [0.05, 0.1) is 0 Å². The van der Waals surface area contributed by atoms with Crippen molar-refractivity contribution in [2.45, 2.75) is 84.6 Å². The van der Waals surface area contributed by atoms with Crippen LogP contribution in [-0.4, -0.2) is 37.1 Å². The van der Waals surface area contributed by atoms with Gasteiger partial charge in [0.25, 0.3) is 0 Å². The highest BCUT2D eigenvalue weighted by molar-refractivity contribution is 4.92. The number of rotatable bonds is 9. The fourth-order valence-corrected chi connectivity index (χ4v) is 3.94. The van der Waals surface area contributed by atoms with E-state index in [1.807, 2.05) is 0 Å². The van der Waals surface area contributed by atoms with Gasteiger partial charge in [-0.2, -0.15) is 0 Å². The second-order valence-corrected chi connectivity index (χ2v) is 8.08. The summed E-state index contributed by atoms with van der Waals surface area (Å²) in [4.78, 5) is 2.86. The first-order valence-electron chi connectivity index (χ1n) is 9.60. The minimum Gasteiger partial charge on any atom is -0.316 e. The third-order valence-corrected chi connectivity index (χ3v) is 5.51. The van der Waals surface area contributed by atoms with Crippen molar-refractivity contribution in [1.29, 1.82) is 0 Å². The average molecular weight is 295 g/mol. The van der Waals surface area contributed by atoms with Crippen LogP contribution in [0, 0.1) is 11.3 Å². The van der Waals surface area contributed by atoms with Gasteiger partial charge in [-0.05, 0) is 56.5 Å². The largest absolute Gasteiger partial charge is 0.316 e. The van der Waals surface area contributed by atoms with Crippen LogP contribution >= 0.6 is 0 Å². The van der Waals surface area contributed by atoms with Crippen molar-refractivity contribution in [2.24, 2.45) is 11.3 Å². The number of hydrogen-bond acceptors (Lipinski definition) is 2. The Labute approximate surface area is 133 Å². The molecule has 2 fully saturated rings. The van der Waals surface area contributed by atoms with Gasteiger partial charge in [-0.25, -0.2) is 0 Å². The lowest BCUT2D eigenvalue weighted by atomic mass is 9.79. The first kappa shape index (κ1) is 17.3. The van der Waals surface area contributed by atoms with E-state index in [-0.39, 0.29) is 0 Å². The molecule has 0 amide bonds. The maximum absolute atomic E-state index is 3.69. The zero-order valence-electron chi connectivity index (χ0n) is 14.8. The fourth-order valence-electron chi connectivity index (χ4n) is 3.94. The number of nitrogens with one attached hydrogen (secondary N) is 1. The van der Waals surface area contributed by atoms with Gasteiger partial charge >= 0.3 is 0 Å². The summed E-state index contributed by atoms with van der Waals surface area (Å²) in [6.07, 6.45) is 13.0. The Kier molecular flexibility index (Phi) is 7.01. The molecule has 0 atom stereocenters. The lowest BCUT2D eigenvalue weighted by Crippen LogP contribution is -2.45. The van der Waals surface area contributed by atoms with Gasteiger partial charge in [0.1, 0.15) is 0 Å². The summed E-state index contributed by atoms with van der Waals surface area (Å²) in [5.74, 6) is 0.838. The Bertz CT molecular complexity index is 275. The summed E-state index contributed by atoms with van der Waals surface area (Å²) in [6.45, 7) is 12.0. The van der Waals surface area contributed by atoms with Crippen molar-refractivity contribution in [3.63, 3.8) is 0 Å². The molecule has 124 valence electrons. The van der Waals surface area contributed by atoms with Gasteiger partial charge in [0.15, 0.2) is 0 Å². The Balaban J connectivity index is 1.96. The summed E-state index contributed by atoms with van der Waals surface area (Å²) in [6, 6.07) is 0.922. The van der Waals surface area contributed by atoms with Crippen LogP contribution in [0.25, 0.3) is 0 Å². The summed E-state index contributed by atoms with van der Waals surface area (Å²) >= 11 is 0. The van der Waals surface area contributed by atoms with Crippen LogP contribution in [0.2, 0.25) is 0 Å². The highest BCUT2D eigenvalue weighted by Crippen LogP contribution is 2.38. The first-order chi connectivity index (χ1) is 10.2. The van der Waals surface area contributed by atoms with E-state index in [0.717, 1.165) is 18.5 Å². The van der Waals surface area contributed by atoms with Gasteiger partial charge in [-0.15, -0.1) is 0 Å². The second kappa shape index (κ2) is 8.53.